The third-order valence-corrected chi connectivity index (χ3v) is 3.41. The summed E-state index contributed by atoms with van der Waals surface area (Å²) in [5, 5.41) is 3.13. The lowest BCUT2D eigenvalue weighted by Crippen LogP contribution is -2.47. The van der Waals surface area contributed by atoms with Crippen LogP contribution in [0, 0.1) is 5.82 Å². The summed E-state index contributed by atoms with van der Waals surface area (Å²) in [6, 6.07) is 2.75. The van der Waals surface area contributed by atoms with E-state index in [1.165, 1.54) is 18.2 Å². The highest BCUT2D eigenvalue weighted by Gasteiger charge is 2.33. The molecule has 1 fully saturated rings. The van der Waals surface area contributed by atoms with Gasteiger partial charge in [-0.25, -0.2) is 13.2 Å². The molecule has 2 nitrogen and oxygen atoms in total. The number of hydrogen-bond donors (Lipinski definition) is 1. The van der Waals surface area contributed by atoms with Gasteiger partial charge < -0.3 is 5.32 Å². The fraction of sp³-hybridized carbons (Fsp3) is 0.500. The minimum Gasteiger partial charge on any atom is -0.314 e. The molecule has 1 saturated heterocycles. The number of piperazine rings is 1. The van der Waals surface area contributed by atoms with Gasteiger partial charge in [-0.15, -0.1) is 24.8 Å². The molecule has 0 unspecified atom stereocenters. The Labute approximate surface area is 133 Å². The van der Waals surface area contributed by atoms with Crippen LogP contribution in [-0.2, 0) is 0 Å². The predicted octanol–water partition coefficient (Wildman–Crippen LogP) is 3.53. The number of benzene rings is 1. The van der Waals surface area contributed by atoms with Crippen LogP contribution in [0.25, 0.3) is 0 Å². The Kier molecular flexibility index (Phi) is 8.86. The Bertz CT molecular complexity index is 395. The first-order chi connectivity index (χ1) is 8.61. The molecule has 116 valence electrons. The summed E-state index contributed by atoms with van der Waals surface area (Å²) in [5.41, 5.74) is -0.101. The molecule has 0 bridgehead atoms. The first kappa shape index (κ1) is 19.8. The Morgan fingerprint density at radius 1 is 1.15 bits per heavy atom. The minimum absolute atomic E-state index is 0. The van der Waals surface area contributed by atoms with Crippen molar-refractivity contribution in [2.45, 2.75) is 12.5 Å². The lowest BCUT2D eigenvalue weighted by Gasteiger charge is -2.35. The number of rotatable bonds is 3. The Balaban J connectivity index is 0.00000180. The number of nitrogens with one attached hydrogen (secondary N) is 1. The van der Waals surface area contributed by atoms with Crippen molar-refractivity contribution < 1.29 is 13.2 Å². The van der Waals surface area contributed by atoms with Gasteiger partial charge in [-0.05, 0) is 12.1 Å². The summed E-state index contributed by atoms with van der Waals surface area (Å²) < 4.78 is 40.2. The summed E-state index contributed by atoms with van der Waals surface area (Å²) in [4.78, 5) is 1.57. The number of alkyl halides is 2. The second-order valence-electron chi connectivity index (χ2n) is 4.20. The van der Waals surface area contributed by atoms with E-state index in [1.54, 1.807) is 4.90 Å². The molecule has 1 atom stereocenters. The summed E-state index contributed by atoms with van der Waals surface area (Å²) in [6.45, 7) is 2.16. The largest absolute Gasteiger partial charge is 0.314 e. The highest BCUT2D eigenvalue weighted by atomic mass is 35.5. The van der Waals surface area contributed by atoms with Crippen molar-refractivity contribution in [1.29, 1.82) is 0 Å². The molecule has 8 heteroatoms. The molecule has 2 rings (SSSR count). The molecule has 0 saturated carbocycles. The maximum absolute atomic E-state index is 13.8. The van der Waals surface area contributed by atoms with Crippen LogP contribution < -0.4 is 5.32 Å². The van der Waals surface area contributed by atoms with Gasteiger partial charge in [0.25, 0.3) is 6.43 Å². The maximum Gasteiger partial charge on any atom is 0.258 e. The van der Waals surface area contributed by atoms with Crippen molar-refractivity contribution in [3.05, 3.63) is 34.6 Å². The first-order valence-corrected chi connectivity index (χ1v) is 6.16. The van der Waals surface area contributed by atoms with Gasteiger partial charge in [-0.3, -0.25) is 4.90 Å². The van der Waals surface area contributed by atoms with Gasteiger partial charge in [0, 0.05) is 36.8 Å². The van der Waals surface area contributed by atoms with Gasteiger partial charge >= 0.3 is 0 Å². The molecular formula is C12H16Cl3F3N2. The molecule has 1 aromatic rings. The third-order valence-electron chi connectivity index (χ3n) is 3.08. The van der Waals surface area contributed by atoms with E-state index in [9.17, 15) is 13.2 Å². The summed E-state index contributed by atoms with van der Waals surface area (Å²) in [6.07, 6.45) is -2.67. The number of halogens is 6. The van der Waals surface area contributed by atoms with Crippen LogP contribution in [0.5, 0.6) is 0 Å². The first-order valence-electron chi connectivity index (χ1n) is 5.78. The van der Waals surface area contributed by atoms with Gasteiger partial charge in [0.05, 0.1) is 0 Å². The van der Waals surface area contributed by atoms with E-state index >= 15 is 0 Å². The summed E-state index contributed by atoms with van der Waals surface area (Å²) in [5.74, 6) is -0.675. The molecule has 0 aliphatic carbocycles. The standard InChI is InChI=1S/C12H14ClF3N2.2ClH/c13-8-2-1-3-9(14)10(8)11(12(15)16)18-6-4-17-5-7-18;;/h1-3,11-12,17H,4-7H2;2*1H/t11-;;/m1../s1. The molecule has 0 spiro atoms. The Hall–Kier alpha value is -0.200. The van der Waals surface area contributed by atoms with Crippen LogP contribution in [0.2, 0.25) is 5.02 Å². The van der Waals surface area contributed by atoms with Crippen LogP contribution in [0.4, 0.5) is 13.2 Å². The van der Waals surface area contributed by atoms with Crippen LogP contribution in [0.15, 0.2) is 18.2 Å². The predicted molar refractivity (Wildman–Crippen MR) is 79.1 cm³/mol. The van der Waals surface area contributed by atoms with Crippen molar-refractivity contribution in [2.75, 3.05) is 26.2 Å². The lowest BCUT2D eigenvalue weighted by atomic mass is 10.0. The monoisotopic (exact) mass is 350 g/mol. The highest BCUT2D eigenvalue weighted by molar-refractivity contribution is 6.31. The average molecular weight is 352 g/mol. The molecule has 1 N–H and O–H groups in total. The smallest absolute Gasteiger partial charge is 0.258 e. The molecule has 1 aromatic carbocycles. The van der Waals surface area contributed by atoms with Crippen molar-refractivity contribution in [3.8, 4) is 0 Å². The normalized spacial score (nSPS) is 17.2. The molecule has 1 heterocycles. The van der Waals surface area contributed by atoms with Gasteiger partial charge in [0.15, 0.2) is 0 Å². The highest BCUT2D eigenvalue weighted by Crippen LogP contribution is 2.34. The van der Waals surface area contributed by atoms with Gasteiger partial charge in [0.1, 0.15) is 11.9 Å². The van der Waals surface area contributed by atoms with Crippen LogP contribution in [0.1, 0.15) is 11.6 Å². The molecule has 0 radical (unpaired) electrons. The van der Waals surface area contributed by atoms with Gasteiger partial charge in [-0.2, -0.15) is 0 Å². The van der Waals surface area contributed by atoms with Gasteiger partial charge in [-0.1, -0.05) is 17.7 Å². The van der Waals surface area contributed by atoms with E-state index in [-0.39, 0.29) is 35.4 Å². The summed E-state index contributed by atoms with van der Waals surface area (Å²) in [7, 11) is 0. The van der Waals surface area contributed by atoms with Crippen LogP contribution in [0.3, 0.4) is 0 Å². The quantitative estimate of drug-likeness (QED) is 0.896. The number of hydrogen-bond acceptors (Lipinski definition) is 2. The Morgan fingerprint density at radius 3 is 2.25 bits per heavy atom. The zero-order valence-electron chi connectivity index (χ0n) is 10.5. The fourth-order valence-corrected chi connectivity index (χ4v) is 2.50. The van der Waals surface area contributed by atoms with Crippen LogP contribution in [-0.4, -0.2) is 37.5 Å². The van der Waals surface area contributed by atoms with E-state index in [4.69, 9.17) is 11.6 Å². The van der Waals surface area contributed by atoms with E-state index in [0.29, 0.717) is 26.2 Å². The third kappa shape index (κ3) is 4.40. The summed E-state index contributed by atoms with van der Waals surface area (Å²) >= 11 is 5.87. The SMILES string of the molecule is Cl.Cl.Fc1cccc(Cl)c1[C@H](C(F)F)N1CCNCC1. The van der Waals surface area contributed by atoms with E-state index in [1.807, 2.05) is 0 Å². The zero-order valence-corrected chi connectivity index (χ0v) is 12.9. The lowest BCUT2D eigenvalue weighted by molar-refractivity contribution is 0.0164. The fourth-order valence-electron chi connectivity index (χ4n) is 2.22. The molecule has 1 aliphatic heterocycles. The second-order valence-corrected chi connectivity index (χ2v) is 4.61. The van der Waals surface area contributed by atoms with Crippen LogP contribution >= 0.6 is 36.4 Å². The average Bonchev–Trinajstić information content (AvgIpc) is 2.34. The second kappa shape index (κ2) is 8.95. The molecular weight excluding hydrogens is 335 g/mol. The molecule has 20 heavy (non-hydrogen) atoms. The van der Waals surface area contributed by atoms with Crippen molar-refractivity contribution in [1.82, 2.24) is 10.2 Å². The topological polar surface area (TPSA) is 15.3 Å². The Morgan fingerprint density at radius 2 is 1.75 bits per heavy atom. The van der Waals surface area contributed by atoms with Crippen molar-refractivity contribution >= 4 is 36.4 Å². The number of nitrogens with zero attached hydrogens (tertiary/aromatic N) is 1. The maximum atomic E-state index is 13.8. The van der Waals surface area contributed by atoms with E-state index < -0.39 is 18.3 Å². The minimum atomic E-state index is -2.67. The molecule has 1 aliphatic rings. The molecule has 0 aromatic heterocycles. The van der Waals surface area contributed by atoms with E-state index in [2.05, 4.69) is 5.32 Å². The van der Waals surface area contributed by atoms with Crippen molar-refractivity contribution in [2.24, 2.45) is 0 Å². The molecule has 0 amide bonds. The van der Waals surface area contributed by atoms with Gasteiger partial charge in [0.2, 0.25) is 0 Å². The zero-order chi connectivity index (χ0) is 13.1. The van der Waals surface area contributed by atoms with E-state index in [0.717, 1.165) is 0 Å². The van der Waals surface area contributed by atoms with Crippen molar-refractivity contribution in [3.63, 3.8) is 0 Å².